The van der Waals surface area contributed by atoms with E-state index in [1.165, 1.54) is 0 Å². The Balaban J connectivity index is 2.33. The van der Waals surface area contributed by atoms with Crippen molar-refractivity contribution in [1.29, 1.82) is 0 Å². The molecule has 5 nitrogen and oxygen atoms in total. The van der Waals surface area contributed by atoms with Gasteiger partial charge in [-0.25, -0.2) is 5.48 Å². The number of hydroxylamine groups is 1. The molecule has 0 aliphatic carbocycles. The molecule has 0 bridgehead atoms. The van der Waals surface area contributed by atoms with Crippen LogP contribution in [0.3, 0.4) is 0 Å². The summed E-state index contributed by atoms with van der Waals surface area (Å²) in [6.45, 7) is 5.44. The number of hydrogen-bond donors (Lipinski definition) is 1. The summed E-state index contributed by atoms with van der Waals surface area (Å²) in [5.74, 6) is 1.00. The standard InChI is InChI=1S/C13H19NO4/c1-13(2,3)18-14-12(15)9-17-11-7-5-10(16-4)6-8-11/h5-8H,9H2,1-4H3,(H,14,15). The van der Waals surface area contributed by atoms with Crippen molar-refractivity contribution in [3.8, 4) is 11.5 Å². The number of ether oxygens (including phenoxy) is 2. The van der Waals surface area contributed by atoms with Crippen LogP contribution in [0.25, 0.3) is 0 Å². The largest absolute Gasteiger partial charge is 0.497 e. The first-order valence-corrected chi connectivity index (χ1v) is 5.64. The predicted octanol–water partition coefficient (Wildman–Crippen LogP) is 1.92. The Morgan fingerprint density at radius 1 is 1.17 bits per heavy atom. The topological polar surface area (TPSA) is 56.8 Å². The number of rotatable bonds is 5. The lowest BCUT2D eigenvalue weighted by Crippen LogP contribution is -2.36. The quantitative estimate of drug-likeness (QED) is 0.814. The lowest BCUT2D eigenvalue weighted by molar-refractivity contribution is -0.147. The molecule has 0 heterocycles. The lowest BCUT2D eigenvalue weighted by atomic mass is 10.2. The van der Waals surface area contributed by atoms with Crippen molar-refractivity contribution in [3.05, 3.63) is 24.3 Å². The SMILES string of the molecule is COc1ccc(OCC(=O)NOC(C)(C)C)cc1. The summed E-state index contributed by atoms with van der Waals surface area (Å²) in [5, 5.41) is 0. The van der Waals surface area contributed by atoms with Crippen LogP contribution in [0.1, 0.15) is 20.8 Å². The molecule has 0 aliphatic heterocycles. The van der Waals surface area contributed by atoms with Crippen LogP contribution in [0.2, 0.25) is 0 Å². The number of methoxy groups -OCH3 is 1. The van der Waals surface area contributed by atoms with Gasteiger partial charge >= 0.3 is 0 Å². The van der Waals surface area contributed by atoms with Crippen LogP contribution in [0, 0.1) is 0 Å². The molecule has 1 rings (SSSR count). The summed E-state index contributed by atoms with van der Waals surface area (Å²) in [4.78, 5) is 16.5. The van der Waals surface area contributed by atoms with Crippen molar-refractivity contribution < 1.29 is 19.1 Å². The molecule has 1 aromatic carbocycles. The molecular weight excluding hydrogens is 234 g/mol. The molecule has 18 heavy (non-hydrogen) atoms. The Morgan fingerprint density at radius 3 is 2.22 bits per heavy atom. The van der Waals surface area contributed by atoms with Crippen LogP contribution in [0.4, 0.5) is 0 Å². The van der Waals surface area contributed by atoms with E-state index in [-0.39, 0.29) is 12.5 Å². The number of amides is 1. The monoisotopic (exact) mass is 253 g/mol. The number of carbonyl (C=O) groups excluding carboxylic acids is 1. The molecule has 0 radical (unpaired) electrons. The van der Waals surface area contributed by atoms with Crippen LogP contribution in [-0.4, -0.2) is 25.2 Å². The summed E-state index contributed by atoms with van der Waals surface area (Å²) >= 11 is 0. The fourth-order valence-electron chi connectivity index (χ4n) is 1.06. The van der Waals surface area contributed by atoms with Gasteiger partial charge in [-0.1, -0.05) is 0 Å². The summed E-state index contributed by atoms with van der Waals surface area (Å²) in [5.41, 5.74) is 1.91. The first kappa shape index (κ1) is 14.3. The zero-order chi connectivity index (χ0) is 13.6. The summed E-state index contributed by atoms with van der Waals surface area (Å²) in [7, 11) is 1.59. The molecule has 1 amide bonds. The second kappa shape index (κ2) is 6.26. The van der Waals surface area contributed by atoms with E-state index >= 15 is 0 Å². The highest BCUT2D eigenvalue weighted by molar-refractivity contribution is 5.76. The number of benzene rings is 1. The van der Waals surface area contributed by atoms with Crippen molar-refractivity contribution in [2.24, 2.45) is 0 Å². The van der Waals surface area contributed by atoms with E-state index in [1.54, 1.807) is 31.4 Å². The van der Waals surface area contributed by atoms with Gasteiger partial charge in [-0.3, -0.25) is 9.63 Å². The van der Waals surface area contributed by atoms with Gasteiger partial charge in [0, 0.05) is 0 Å². The molecule has 0 aromatic heterocycles. The fourth-order valence-corrected chi connectivity index (χ4v) is 1.06. The van der Waals surface area contributed by atoms with Gasteiger partial charge in [0.15, 0.2) is 6.61 Å². The van der Waals surface area contributed by atoms with Gasteiger partial charge in [-0.05, 0) is 45.0 Å². The Labute approximate surface area is 107 Å². The van der Waals surface area contributed by atoms with Crippen LogP contribution >= 0.6 is 0 Å². The van der Waals surface area contributed by atoms with Crippen LogP contribution < -0.4 is 15.0 Å². The van der Waals surface area contributed by atoms with Gasteiger partial charge in [0.05, 0.1) is 12.7 Å². The van der Waals surface area contributed by atoms with Crippen LogP contribution in [0.15, 0.2) is 24.3 Å². The summed E-state index contributed by atoms with van der Waals surface area (Å²) < 4.78 is 10.3. The van der Waals surface area contributed by atoms with E-state index in [0.29, 0.717) is 5.75 Å². The zero-order valence-corrected chi connectivity index (χ0v) is 11.1. The van der Waals surface area contributed by atoms with Gasteiger partial charge < -0.3 is 9.47 Å². The third-order valence-corrected chi connectivity index (χ3v) is 1.90. The molecule has 1 aromatic rings. The van der Waals surface area contributed by atoms with Gasteiger partial charge in [-0.2, -0.15) is 0 Å². The summed E-state index contributed by atoms with van der Waals surface area (Å²) in [6, 6.07) is 6.99. The molecule has 0 aliphatic rings. The minimum atomic E-state index is -0.421. The van der Waals surface area contributed by atoms with Crippen molar-refractivity contribution >= 4 is 5.91 Å². The van der Waals surface area contributed by atoms with Crippen molar-refractivity contribution in [2.45, 2.75) is 26.4 Å². The second-order valence-corrected chi connectivity index (χ2v) is 4.70. The lowest BCUT2D eigenvalue weighted by Gasteiger charge is -2.18. The molecule has 0 unspecified atom stereocenters. The molecule has 100 valence electrons. The third-order valence-electron chi connectivity index (χ3n) is 1.90. The minimum Gasteiger partial charge on any atom is -0.497 e. The first-order valence-electron chi connectivity index (χ1n) is 5.64. The fraction of sp³-hybridized carbons (Fsp3) is 0.462. The highest BCUT2D eigenvalue weighted by Crippen LogP contribution is 2.16. The molecular formula is C13H19NO4. The number of carbonyl (C=O) groups is 1. The molecule has 0 saturated heterocycles. The van der Waals surface area contributed by atoms with Gasteiger partial charge in [0.2, 0.25) is 0 Å². The van der Waals surface area contributed by atoms with E-state index in [1.807, 2.05) is 20.8 Å². The molecule has 0 atom stereocenters. The average Bonchev–Trinajstić information content (AvgIpc) is 2.33. The molecule has 0 fully saturated rings. The van der Waals surface area contributed by atoms with E-state index in [4.69, 9.17) is 14.3 Å². The Bertz CT molecular complexity index is 381. The maximum Gasteiger partial charge on any atom is 0.281 e. The normalized spacial score (nSPS) is 10.9. The molecule has 0 spiro atoms. The highest BCUT2D eigenvalue weighted by atomic mass is 16.7. The smallest absolute Gasteiger partial charge is 0.281 e. The van der Waals surface area contributed by atoms with Gasteiger partial charge in [0.25, 0.3) is 5.91 Å². The molecule has 1 N–H and O–H groups in total. The highest BCUT2D eigenvalue weighted by Gasteiger charge is 2.12. The maximum atomic E-state index is 11.4. The molecule has 0 saturated carbocycles. The second-order valence-electron chi connectivity index (χ2n) is 4.70. The van der Waals surface area contributed by atoms with E-state index in [0.717, 1.165) is 5.75 Å². The van der Waals surface area contributed by atoms with Gasteiger partial charge in [0.1, 0.15) is 11.5 Å². The average molecular weight is 253 g/mol. The van der Waals surface area contributed by atoms with Crippen LogP contribution in [0.5, 0.6) is 11.5 Å². The van der Waals surface area contributed by atoms with E-state index in [9.17, 15) is 4.79 Å². The van der Waals surface area contributed by atoms with Crippen molar-refractivity contribution in [2.75, 3.05) is 13.7 Å². The Kier molecular flexibility index (Phi) is 4.97. The summed E-state index contributed by atoms with van der Waals surface area (Å²) in [6.07, 6.45) is 0. The predicted molar refractivity (Wildman–Crippen MR) is 67.5 cm³/mol. The van der Waals surface area contributed by atoms with E-state index in [2.05, 4.69) is 5.48 Å². The Hall–Kier alpha value is -1.75. The first-order chi connectivity index (χ1) is 8.40. The Morgan fingerprint density at radius 2 is 1.72 bits per heavy atom. The van der Waals surface area contributed by atoms with Gasteiger partial charge in [-0.15, -0.1) is 0 Å². The number of hydrogen-bond acceptors (Lipinski definition) is 4. The maximum absolute atomic E-state index is 11.4. The van der Waals surface area contributed by atoms with E-state index < -0.39 is 5.60 Å². The van der Waals surface area contributed by atoms with Crippen molar-refractivity contribution in [3.63, 3.8) is 0 Å². The number of nitrogens with one attached hydrogen (secondary N) is 1. The van der Waals surface area contributed by atoms with Crippen LogP contribution in [-0.2, 0) is 9.63 Å². The third kappa shape index (κ3) is 5.54. The van der Waals surface area contributed by atoms with Crippen molar-refractivity contribution in [1.82, 2.24) is 5.48 Å². The minimum absolute atomic E-state index is 0.0948. The zero-order valence-electron chi connectivity index (χ0n) is 11.1. The molecule has 5 heteroatoms.